The van der Waals surface area contributed by atoms with Crippen molar-refractivity contribution in [1.82, 2.24) is 20.3 Å². The molecule has 1 aromatic carbocycles. The summed E-state index contributed by atoms with van der Waals surface area (Å²) in [5.41, 5.74) is 2.08. The van der Waals surface area contributed by atoms with Gasteiger partial charge in [0.25, 0.3) is 5.91 Å². The van der Waals surface area contributed by atoms with E-state index < -0.39 is 0 Å². The number of hydrogen-bond acceptors (Lipinski definition) is 6. The first kappa shape index (κ1) is 17.2. The van der Waals surface area contributed by atoms with E-state index in [1.54, 1.807) is 17.0 Å². The van der Waals surface area contributed by atoms with Crippen molar-refractivity contribution in [3.63, 3.8) is 0 Å². The summed E-state index contributed by atoms with van der Waals surface area (Å²) in [5.74, 6) is 1.25. The summed E-state index contributed by atoms with van der Waals surface area (Å²) in [5, 5.41) is 11.9. The maximum Gasteiger partial charge on any atom is 0.276 e. The van der Waals surface area contributed by atoms with Crippen LogP contribution in [-0.2, 0) is 0 Å². The highest BCUT2D eigenvalue weighted by molar-refractivity contribution is 5.93. The Labute approximate surface area is 157 Å². The highest BCUT2D eigenvalue weighted by atomic mass is 16.5. The number of nitrogens with zero attached hydrogens (tertiary/aromatic N) is 4. The normalized spacial score (nSPS) is 16.5. The van der Waals surface area contributed by atoms with Crippen LogP contribution in [0, 0.1) is 12.8 Å². The molecule has 1 amide bonds. The van der Waals surface area contributed by atoms with Gasteiger partial charge in [-0.05, 0) is 19.4 Å². The lowest BCUT2D eigenvalue weighted by Gasteiger charge is -2.15. The van der Waals surface area contributed by atoms with Gasteiger partial charge in [-0.2, -0.15) is 5.10 Å². The van der Waals surface area contributed by atoms with Crippen molar-refractivity contribution in [1.29, 1.82) is 0 Å². The van der Waals surface area contributed by atoms with Crippen molar-refractivity contribution in [2.24, 2.45) is 5.92 Å². The standard InChI is InChI=1S/C20H20N4O3/c1-14-7-8-19(22-21-14)26-13-15-9-10-24(12-15)20(25)17-11-18(27-23-17)16-5-3-2-4-6-16/h2-8,11,15H,9-10,12-13H2,1H3. The zero-order valence-electron chi connectivity index (χ0n) is 15.0. The van der Waals surface area contributed by atoms with E-state index >= 15 is 0 Å². The third-order valence-electron chi connectivity index (χ3n) is 4.60. The zero-order chi connectivity index (χ0) is 18.6. The van der Waals surface area contributed by atoms with Gasteiger partial charge in [0.15, 0.2) is 11.5 Å². The number of hydrogen-bond donors (Lipinski definition) is 0. The number of benzene rings is 1. The second-order valence-corrected chi connectivity index (χ2v) is 6.67. The summed E-state index contributed by atoms with van der Waals surface area (Å²) in [4.78, 5) is 14.5. The molecule has 1 aliphatic rings. The third kappa shape index (κ3) is 3.97. The van der Waals surface area contributed by atoms with Crippen LogP contribution < -0.4 is 4.74 Å². The van der Waals surface area contributed by atoms with Gasteiger partial charge in [0.05, 0.1) is 12.3 Å². The molecular formula is C20H20N4O3. The van der Waals surface area contributed by atoms with E-state index in [1.807, 2.05) is 43.3 Å². The van der Waals surface area contributed by atoms with Crippen molar-refractivity contribution in [2.75, 3.05) is 19.7 Å². The minimum atomic E-state index is -0.112. The second kappa shape index (κ2) is 7.57. The molecule has 3 aromatic rings. The molecule has 0 bridgehead atoms. The summed E-state index contributed by atoms with van der Waals surface area (Å²) in [6, 6.07) is 15.0. The lowest BCUT2D eigenvalue weighted by atomic mass is 10.1. The molecule has 0 saturated carbocycles. The lowest BCUT2D eigenvalue weighted by molar-refractivity contribution is 0.0772. The van der Waals surface area contributed by atoms with E-state index in [2.05, 4.69) is 15.4 Å². The Balaban J connectivity index is 1.34. The fourth-order valence-corrected chi connectivity index (χ4v) is 3.10. The summed E-state index contributed by atoms with van der Waals surface area (Å²) in [6.07, 6.45) is 0.883. The Morgan fingerprint density at radius 2 is 2.07 bits per heavy atom. The van der Waals surface area contributed by atoms with Gasteiger partial charge in [-0.25, -0.2) is 0 Å². The first-order chi connectivity index (χ1) is 13.2. The predicted molar refractivity (Wildman–Crippen MR) is 98.2 cm³/mol. The monoisotopic (exact) mass is 364 g/mol. The summed E-state index contributed by atoms with van der Waals surface area (Å²) < 4.78 is 11.0. The topological polar surface area (TPSA) is 81.4 Å². The van der Waals surface area contributed by atoms with Gasteiger partial charge >= 0.3 is 0 Å². The molecular weight excluding hydrogens is 344 g/mol. The molecule has 1 unspecified atom stereocenters. The van der Waals surface area contributed by atoms with Gasteiger partial charge < -0.3 is 14.2 Å². The Morgan fingerprint density at radius 3 is 2.85 bits per heavy atom. The first-order valence-electron chi connectivity index (χ1n) is 8.93. The smallest absolute Gasteiger partial charge is 0.276 e. The van der Waals surface area contributed by atoms with Crippen LogP contribution in [0.1, 0.15) is 22.6 Å². The van der Waals surface area contributed by atoms with Crippen LogP contribution in [0.15, 0.2) is 53.1 Å². The molecule has 1 fully saturated rings. The van der Waals surface area contributed by atoms with E-state index in [0.29, 0.717) is 37.0 Å². The number of rotatable bonds is 5. The Hall–Kier alpha value is -3.22. The van der Waals surface area contributed by atoms with E-state index in [4.69, 9.17) is 9.26 Å². The van der Waals surface area contributed by atoms with Crippen LogP contribution in [0.5, 0.6) is 5.88 Å². The van der Waals surface area contributed by atoms with Crippen LogP contribution in [-0.4, -0.2) is 45.9 Å². The average Bonchev–Trinajstić information content (AvgIpc) is 3.38. The number of ether oxygens (including phenoxy) is 1. The fourth-order valence-electron chi connectivity index (χ4n) is 3.10. The minimum Gasteiger partial charge on any atom is -0.476 e. The number of carbonyl (C=O) groups excluding carboxylic acids is 1. The molecule has 138 valence electrons. The van der Waals surface area contributed by atoms with Gasteiger partial charge in [-0.1, -0.05) is 35.5 Å². The molecule has 0 aliphatic carbocycles. The largest absolute Gasteiger partial charge is 0.476 e. The van der Waals surface area contributed by atoms with Crippen molar-refractivity contribution >= 4 is 5.91 Å². The summed E-state index contributed by atoms with van der Waals surface area (Å²) >= 11 is 0. The third-order valence-corrected chi connectivity index (χ3v) is 4.60. The van der Waals surface area contributed by atoms with Gasteiger partial charge in [0.1, 0.15) is 0 Å². The van der Waals surface area contributed by atoms with Crippen molar-refractivity contribution in [3.05, 3.63) is 59.9 Å². The van der Waals surface area contributed by atoms with E-state index in [9.17, 15) is 4.79 Å². The SMILES string of the molecule is Cc1ccc(OCC2CCN(C(=O)c3cc(-c4ccccc4)on3)C2)nn1. The highest BCUT2D eigenvalue weighted by Gasteiger charge is 2.29. The lowest BCUT2D eigenvalue weighted by Crippen LogP contribution is -2.29. The Morgan fingerprint density at radius 1 is 1.22 bits per heavy atom. The molecule has 7 nitrogen and oxygen atoms in total. The van der Waals surface area contributed by atoms with Crippen LogP contribution in [0.4, 0.5) is 0 Å². The van der Waals surface area contributed by atoms with Gasteiger partial charge in [-0.3, -0.25) is 4.79 Å². The molecule has 1 aliphatic heterocycles. The van der Waals surface area contributed by atoms with E-state index in [-0.39, 0.29) is 11.8 Å². The molecule has 1 atom stereocenters. The van der Waals surface area contributed by atoms with Crippen molar-refractivity contribution in [3.8, 4) is 17.2 Å². The molecule has 2 aromatic heterocycles. The maximum atomic E-state index is 12.7. The zero-order valence-corrected chi connectivity index (χ0v) is 15.0. The van der Waals surface area contributed by atoms with Crippen molar-refractivity contribution < 1.29 is 14.1 Å². The average molecular weight is 364 g/mol. The highest BCUT2D eigenvalue weighted by Crippen LogP contribution is 2.23. The molecule has 3 heterocycles. The molecule has 1 saturated heterocycles. The van der Waals surface area contributed by atoms with Crippen LogP contribution in [0.3, 0.4) is 0 Å². The molecule has 0 radical (unpaired) electrons. The number of amides is 1. The minimum absolute atomic E-state index is 0.112. The van der Waals surface area contributed by atoms with Gasteiger partial charge in [0.2, 0.25) is 5.88 Å². The fraction of sp³-hybridized carbons (Fsp3) is 0.300. The van der Waals surface area contributed by atoms with Crippen LogP contribution in [0.2, 0.25) is 0 Å². The summed E-state index contributed by atoms with van der Waals surface area (Å²) in [7, 11) is 0. The van der Waals surface area contributed by atoms with E-state index in [0.717, 1.165) is 17.7 Å². The van der Waals surface area contributed by atoms with Crippen LogP contribution >= 0.6 is 0 Å². The van der Waals surface area contributed by atoms with E-state index in [1.165, 1.54) is 0 Å². The molecule has 7 heteroatoms. The number of aromatic nitrogens is 3. The Kier molecular flexibility index (Phi) is 4.82. The molecule has 0 N–H and O–H groups in total. The predicted octanol–water partition coefficient (Wildman–Crippen LogP) is 2.98. The molecule has 0 spiro atoms. The maximum absolute atomic E-state index is 12.7. The Bertz CT molecular complexity index is 908. The molecule has 27 heavy (non-hydrogen) atoms. The van der Waals surface area contributed by atoms with Gasteiger partial charge in [0, 0.05) is 36.7 Å². The number of aryl methyl sites for hydroxylation is 1. The molecule has 4 rings (SSSR count). The van der Waals surface area contributed by atoms with Gasteiger partial charge in [-0.15, -0.1) is 5.10 Å². The van der Waals surface area contributed by atoms with Crippen LogP contribution in [0.25, 0.3) is 11.3 Å². The number of likely N-dealkylation sites (tertiary alicyclic amines) is 1. The summed E-state index contributed by atoms with van der Waals surface area (Å²) in [6.45, 7) is 3.70. The first-order valence-corrected chi connectivity index (χ1v) is 8.93. The van der Waals surface area contributed by atoms with Crippen molar-refractivity contribution in [2.45, 2.75) is 13.3 Å². The second-order valence-electron chi connectivity index (χ2n) is 6.67. The number of carbonyl (C=O) groups is 1. The quantitative estimate of drug-likeness (QED) is 0.692.